The van der Waals surface area contributed by atoms with Gasteiger partial charge in [0.25, 0.3) is 5.91 Å². The largest absolute Gasteiger partial charge is 0.452 e. The van der Waals surface area contributed by atoms with E-state index in [9.17, 15) is 22.4 Å². The zero-order valence-corrected chi connectivity index (χ0v) is 18.3. The van der Waals surface area contributed by atoms with Crippen molar-refractivity contribution in [2.45, 2.75) is 4.90 Å². The fourth-order valence-electron chi connectivity index (χ4n) is 2.80. The molecule has 8 nitrogen and oxygen atoms in total. The normalized spacial score (nSPS) is 14.8. The van der Waals surface area contributed by atoms with Gasteiger partial charge in [0.2, 0.25) is 10.0 Å². The molecule has 0 saturated carbocycles. The summed E-state index contributed by atoms with van der Waals surface area (Å²) in [6, 6.07) is 7.60. The molecule has 3 rings (SSSR count). The molecular formula is C19H17Cl2FN2O6S. The molecule has 0 aromatic heterocycles. The Hall–Kier alpha value is -2.24. The average molecular weight is 491 g/mol. The summed E-state index contributed by atoms with van der Waals surface area (Å²) in [5.41, 5.74) is -0.358. The second kappa shape index (κ2) is 9.92. The number of hydrogen-bond acceptors (Lipinski definition) is 6. The van der Waals surface area contributed by atoms with Crippen LogP contribution in [-0.2, 0) is 24.3 Å². The molecule has 2 aromatic carbocycles. The topological polar surface area (TPSA) is 102 Å². The number of anilines is 1. The number of hydrogen-bond donors (Lipinski definition) is 1. The van der Waals surface area contributed by atoms with Gasteiger partial charge in [0.05, 0.1) is 23.3 Å². The third-order valence-electron chi connectivity index (χ3n) is 4.30. The molecule has 1 fully saturated rings. The molecule has 0 aliphatic carbocycles. The Morgan fingerprint density at radius 1 is 1.13 bits per heavy atom. The molecule has 1 aliphatic rings. The van der Waals surface area contributed by atoms with Crippen molar-refractivity contribution in [2.24, 2.45) is 0 Å². The zero-order valence-electron chi connectivity index (χ0n) is 15.9. The number of rotatable bonds is 6. The Morgan fingerprint density at radius 2 is 1.84 bits per heavy atom. The number of nitrogens with zero attached hydrogens (tertiary/aromatic N) is 1. The van der Waals surface area contributed by atoms with Crippen molar-refractivity contribution in [1.82, 2.24) is 4.31 Å². The number of carbonyl (C=O) groups is 2. The van der Waals surface area contributed by atoms with Crippen molar-refractivity contribution in [1.29, 1.82) is 0 Å². The van der Waals surface area contributed by atoms with Crippen LogP contribution >= 0.6 is 23.2 Å². The van der Waals surface area contributed by atoms with E-state index in [4.69, 9.17) is 32.7 Å². The second-order valence-electron chi connectivity index (χ2n) is 6.38. The lowest BCUT2D eigenvalue weighted by molar-refractivity contribution is -0.119. The van der Waals surface area contributed by atoms with Crippen molar-refractivity contribution in [3.63, 3.8) is 0 Å². The first-order valence-corrected chi connectivity index (χ1v) is 11.2. The van der Waals surface area contributed by atoms with Crippen molar-refractivity contribution >= 4 is 50.8 Å². The third-order valence-corrected chi connectivity index (χ3v) is 7.00. The van der Waals surface area contributed by atoms with E-state index in [0.29, 0.717) is 0 Å². The summed E-state index contributed by atoms with van der Waals surface area (Å²) in [6.07, 6.45) is 0. The number of halogens is 3. The van der Waals surface area contributed by atoms with Crippen LogP contribution in [0.1, 0.15) is 10.4 Å². The molecule has 1 heterocycles. The van der Waals surface area contributed by atoms with Gasteiger partial charge in [0.15, 0.2) is 6.61 Å². The summed E-state index contributed by atoms with van der Waals surface area (Å²) in [7, 11) is -3.89. The van der Waals surface area contributed by atoms with Gasteiger partial charge in [0.1, 0.15) is 16.3 Å². The van der Waals surface area contributed by atoms with E-state index in [1.807, 2.05) is 0 Å². The second-order valence-corrected chi connectivity index (χ2v) is 9.10. The van der Waals surface area contributed by atoms with Crippen molar-refractivity contribution in [3.8, 4) is 0 Å². The fraction of sp³-hybridized carbons (Fsp3) is 0.263. The van der Waals surface area contributed by atoms with Crippen LogP contribution in [0, 0.1) is 5.82 Å². The van der Waals surface area contributed by atoms with Crippen LogP contribution in [0.3, 0.4) is 0 Å². The molecule has 31 heavy (non-hydrogen) atoms. The molecule has 0 unspecified atom stereocenters. The number of benzene rings is 2. The number of carbonyl (C=O) groups excluding carboxylic acids is 2. The summed E-state index contributed by atoms with van der Waals surface area (Å²) in [5, 5.41) is 2.25. The van der Waals surface area contributed by atoms with E-state index in [1.165, 1.54) is 34.6 Å². The molecule has 12 heteroatoms. The first-order chi connectivity index (χ1) is 14.7. The first kappa shape index (κ1) is 23.4. The minimum absolute atomic E-state index is 0.00915. The lowest BCUT2D eigenvalue weighted by Crippen LogP contribution is -2.40. The van der Waals surface area contributed by atoms with Gasteiger partial charge in [0, 0.05) is 18.8 Å². The summed E-state index contributed by atoms with van der Waals surface area (Å²) in [4.78, 5) is 24.0. The highest BCUT2D eigenvalue weighted by Crippen LogP contribution is 2.28. The number of ether oxygens (including phenoxy) is 2. The van der Waals surface area contributed by atoms with Gasteiger partial charge < -0.3 is 14.8 Å². The quantitative estimate of drug-likeness (QED) is 0.624. The summed E-state index contributed by atoms with van der Waals surface area (Å²) >= 11 is 11.9. The highest BCUT2D eigenvalue weighted by molar-refractivity contribution is 7.89. The Labute approximate surface area is 187 Å². The van der Waals surface area contributed by atoms with Crippen molar-refractivity contribution in [3.05, 3.63) is 57.8 Å². The smallest absolute Gasteiger partial charge is 0.343 e. The Morgan fingerprint density at radius 3 is 2.52 bits per heavy atom. The highest BCUT2D eigenvalue weighted by Gasteiger charge is 2.28. The first-order valence-electron chi connectivity index (χ1n) is 8.98. The molecule has 1 saturated heterocycles. The minimum atomic E-state index is -3.89. The molecule has 0 radical (unpaired) electrons. The van der Waals surface area contributed by atoms with Crippen LogP contribution in [0.5, 0.6) is 0 Å². The molecular weight excluding hydrogens is 474 g/mol. The third kappa shape index (κ3) is 5.52. The summed E-state index contributed by atoms with van der Waals surface area (Å²) in [5.74, 6) is -2.75. The number of sulfonamides is 1. The van der Waals surface area contributed by atoms with Gasteiger partial charge in [-0.25, -0.2) is 17.6 Å². The average Bonchev–Trinajstić information content (AvgIpc) is 2.74. The van der Waals surface area contributed by atoms with Crippen molar-refractivity contribution in [2.75, 3.05) is 38.2 Å². The maximum absolute atomic E-state index is 13.8. The molecule has 0 spiro atoms. The van der Waals surface area contributed by atoms with E-state index in [0.717, 1.165) is 6.07 Å². The van der Waals surface area contributed by atoms with Crippen LogP contribution in [0.4, 0.5) is 10.1 Å². The number of esters is 1. The van der Waals surface area contributed by atoms with E-state index in [2.05, 4.69) is 5.32 Å². The van der Waals surface area contributed by atoms with E-state index in [-0.39, 0.29) is 46.9 Å². The van der Waals surface area contributed by atoms with Gasteiger partial charge >= 0.3 is 5.97 Å². The van der Waals surface area contributed by atoms with Gasteiger partial charge in [-0.2, -0.15) is 4.31 Å². The van der Waals surface area contributed by atoms with Gasteiger partial charge in [-0.15, -0.1) is 0 Å². The van der Waals surface area contributed by atoms with Crippen LogP contribution in [0.2, 0.25) is 10.0 Å². The van der Waals surface area contributed by atoms with Crippen LogP contribution in [0.15, 0.2) is 41.3 Å². The standard InChI is InChI=1S/C19H17Cl2FN2O6S/c20-13-5-4-12(10-16(13)31(27,28)24-6-8-29-9-7-24)23-17(25)11-30-19(26)18-14(21)2-1-3-15(18)22/h1-5,10H,6-9,11H2,(H,23,25). The van der Waals surface area contributed by atoms with Gasteiger partial charge in [-0.05, 0) is 30.3 Å². The monoisotopic (exact) mass is 490 g/mol. The maximum Gasteiger partial charge on any atom is 0.343 e. The molecule has 1 amide bonds. The minimum Gasteiger partial charge on any atom is -0.452 e. The number of morpholine rings is 1. The number of amides is 1. The Bertz CT molecular complexity index is 1090. The van der Waals surface area contributed by atoms with Gasteiger partial charge in [-0.1, -0.05) is 29.3 Å². The molecule has 0 bridgehead atoms. The lowest BCUT2D eigenvalue weighted by atomic mass is 10.2. The van der Waals surface area contributed by atoms with Crippen LogP contribution in [-0.4, -0.2) is 57.5 Å². The zero-order chi connectivity index (χ0) is 22.6. The molecule has 166 valence electrons. The fourth-order valence-corrected chi connectivity index (χ4v) is 4.95. The molecule has 0 atom stereocenters. The Balaban J connectivity index is 1.68. The maximum atomic E-state index is 13.8. The Kier molecular flexibility index (Phi) is 7.50. The van der Waals surface area contributed by atoms with E-state index < -0.39 is 39.9 Å². The van der Waals surface area contributed by atoms with E-state index >= 15 is 0 Å². The molecule has 1 aliphatic heterocycles. The predicted molar refractivity (Wildman–Crippen MR) is 111 cm³/mol. The van der Waals surface area contributed by atoms with Gasteiger partial charge in [-0.3, -0.25) is 4.79 Å². The highest BCUT2D eigenvalue weighted by atomic mass is 35.5. The molecule has 1 N–H and O–H groups in total. The van der Waals surface area contributed by atoms with E-state index in [1.54, 1.807) is 0 Å². The van der Waals surface area contributed by atoms with Crippen LogP contribution < -0.4 is 5.32 Å². The predicted octanol–water partition coefficient (Wildman–Crippen LogP) is 2.95. The number of nitrogens with one attached hydrogen (secondary N) is 1. The summed E-state index contributed by atoms with van der Waals surface area (Å²) in [6.45, 7) is 0.167. The molecule has 2 aromatic rings. The van der Waals surface area contributed by atoms with Crippen LogP contribution in [0.25, 0.3) is 0 Å². The SMILES string of the molecule is O=C(COC(=O)c1c(F)cccc1Cl)Nc1ccc(Cl)c(S(=O)(=O)N2CCOCC2)c1. The van der Waals surface area contributed by atoms with Crippen molar-refractivity contribution < 1.29 is 31.9 Å². The lowest BCUT2D eigenvalue weighted by Gasteiger charge is -2.26. The summed E-state index contributed by atoms with van der Waals surface area (Å²) < 4.78 is 50.6.